The number of carbonyl (C=O) groups is 2. The number of para-hydroxylation sites is 2. The molecule has 7 heteroatoms. The summed E-state index contributed by atoms with van der Waals surface area (Å²) in [6.07, 6.45) is 0.998. The summed E-state index contributed by atoms with van der Waals surface area (Å²) in [5, 5.41) is 22.7. The van der Waals surface area contributed by atoms with Gasteiger partial charge in [0.05, 0.1) is 16.8 Å². The summed E-state index contributed by atoms with van der Waals surface area (Å²) >= 11 is 0. The van der Waals surface area contributed by atoms with Crippen LogP contribution in [0.4, 0.5) is 11.4 Å². The van der Waals surface area contributed by atoms with Crippen LogP contribution in [-0.4, -0.2) is 22.7 Å². The standard InChI is InChI=1S/C16H19N2O5/c1-14(2)15(3)8-9-16(14,23-13(15)20)12(19)17-10-6-4-5-7-11(10)18(21)22/h4-7,21H,8-9H2,1-3H3,(H,17,19)/q-1/t15-,16+/m0/s1. The second kappa shape index (κ2) is 4.69. The number of carbonyl (C=O) groups excluding carboxylic acids is 2. The molecule has 0 radical (unpaired) electrons. The fraction of sp³-hybridized carbons (Fsp3) is 0.500. The maximum Gasteiger partial charge on any atom is 0.313 e. The average molecular weight is 319 g/mol. The molecule has 1 heterocycles. The number of hydrogen-bond donors (Lipinski definition) is 2. The lowest BCUT2D eigenvalue weighted by molar-refractivity contribution is -0.165. The molecule has 2 atom stereocenters. The van der Waals surface area contributed by atoms with Gasteiger partial charge in [-0.2, -0.15) is 0 Å². The first-order valence-corrected chi connectivity index (χ1v) is 7.46. The molecule has 0 aromatic heterocycles. The van der Waals surface area contributed by atoms with Gasteiger partial charge in [-0.15, -0.1) is 0 Å². The number of ether oxygens (including phenoxy) is 1. The number of nitrogens with one attached hydrogen (secondary N) is 1. The SMILES string of the molecule is CC1(C)[C@@]2(C)CC[C@]1(C(=O)Nc1ccccc1N([O-])O)OC2=O. The predicted molar refractivity (Wildman–Crippen MR) is 82.6 cm³/mol. The minimum atomic E-state index is -1.27. The van der Waals surface area contributed by atoms with Gasteiger partial charge in [0.2, 0.25) is 0 Å². The number of esters is 1. The highest BCUT2D eigenvalue weighted by atomic mass is 16.8. The minimum absolute atomic E-state index is 0.0832. The Balaban J connectivity index is 1.95. The van der Waals surface area contributed by atoms with Crippen molar-refractivity contribution in [3.05, 3.63) is 29.5 Å². The number of rotatable bonds is 3. The van der Waals surface area contributed by atoms with Crippen LogP contribution in [0.25, 0.3) is 0 Å². The second-order valence-electron chi connectivity index (χ2n) is 6.92. The molecule has 1 aliphatic heterocycles. The average Bonchev–Trinajstić information content (AvgIpc) is 2.78. The highest BCUT2D eigenvalue weighted by molar-refractivity contribution is 6.04. The van der Waals surface area contributed by atoms with Crippen molar-refractivity contribution in [1.29, 1.82) is 0 Å². The van der Waals surface area contributed by atoms with Crippen LogP contribution in [0.3, 0.4) is 0 Å². The monoisotopic (exact) mass is 319 g/mol. The van der Waals surface area contributed by atoms with E-state index in [9.17, 15) is 14.8 Å². The third-order valence-electron chi connectivity index (χ3n) is 5.81. The van der Waals surface area contributed by atoms with Crippen LogP contribution in [-0.2, 0) is 14.3 Å². The Labute approximate surface area is 133 Å². The zero-order valence-corrected chi connectivity index (χ0v) is 13.3. The molecule has 1 saturated heterocycles. The van der Waals surface area contributed by atoms with E-state index in [1.165, 1.54) is 12.1 Å². The number of benzene rings is 1. The zero-order chi connectivity index (χ0) is 17.0. The van der Waals surface area contributed by atoms with Crippen molar-refractivity contribution in [2.45, 2.75) is 39.2 Å². The number of nitrogens with zero attached hydrogens (tertiary/aromatic N) is 1. The molecule has 0 spiro atoms. The van der Waals surface area contributed by atoms with Gasteiger partial charge in [-0.1, -0.05) is 26.0 Å². The summed E-state index contributed by atoms with van der Waals surface area (Å²) in [5.74, 6) is -0.851. The van der Waals surface area contributed by atoms with Gasteiger partial charge in [0.25, 0.3) is 5.91 Å². The molecule has 2 fully saturated rings. The summed E-state index contributed by atoms with van der Waals surface area (Å²) in [4.78, 5) is 25.1. The normalized spacial score (nSPS) is 30.9. The Kier molecular flexibility index (Phi) is 3.21. The van der Waals surface area contributed by atoms with Crippen molar-refractivity contribution in [2.75, 3.05) is 10.5 Å². The van der Waals surface area contributed by atoms with E-state index in [0.29, 0.717) is 12.8 Å². The van der Waals surface area contributed by atoms with E-state index in [4.69, 9.17) is 9.94 Å². The van der Waals surface area contributed by atoms with Gasteiger partial charge < -0.3 is 20.5 Å². The highest BCUT2D eigenvalue weighted by Gasteiger charge is 2.75. The highest BCUT2D eigenvalue weighted by Crippen LogP contribution is 2.65. The van der Waals surface area contributed by atoms with Crippen molar-refractivity contribution in [2.24, 2.45) is 10.8 Å². The van der Waals surface area contributed by atoms with E-state index < -0.39 is 22.3 Å². The first kappa shape index (κ1) is 15.8. The van der Waals surface area contributed by atoms with Crippen LogP contribution < -0.4 is 10.5 Å². The van der Waals surface area contributed by atoms with E-state index in [0.717, 1.165) is 0 Å². The van der Waals surface area contributed by atoms with Crippen LogP contribution in [0.2, 0.25) is 0 Å². The number of hydrogen-bond acceptors (Lipinski definition) is 6. The third kappa shape index (κ3) is 1.83. The molecule has 1 aliphatic carbocycles. The molecular formula is C16H19N2O5-. The van der Waals surface area contributed by atoms with Crippen molar-refractivity contribution < 1.29 is 19.5 Å². The van der Waals surface area contributed by atoms with Gasteiger partial charge in [0.1, 0.15) is 0 Å². The van der Waals surface area contributed by atoms with E-state index >= 15 is 0 Å². The first-order valence-electron chi connectivity index (χ1n) is 7.46. The quantitative estimate of drug-likeness (QED) is 0.655. The van der Waals surface area contributed by atoms with E-state index in [1.54, 1.807) is 12.1 Å². The summed E-state index contributed by atoms with van der Waals surface area (Å²) in [6, 6.07) is 6.08. The topological polar surface area (TPSA) is 102 Å². The molecule has 1 amide bonds. The lowest BCUT2D eigenvalue weighted by Gasteiger charge is -2.35. The van der Waals surface area contributed by atoms with Crippen molar-refractivity contribution >= 4 is 23.3 Å². The van der Waals surface area contributed by atoms with Gasteiger partial charge >= 0.3 is 5.97 Å². The minimum Gasteiger partial charge on any atom is -0.733 e. The molecule has 2 aliphatic rings. The fourth-order valence-electron chi connectivity index (χ4n) is 3.72. The smallest absolute Gasteiger partial charge is 0.313 e. The van der Waals surface area contributed by atoms with Gasteiger partial charge in [-0.3, -0.25) is 14.8 Å². The lowest BCUT2D eigenvalue weighted by Crippen LogP contribution is -2.50. The molecule has 3 rings (SSSR count). The summed E-state index contributed by atoms with van der Waals surface area (Å²) in [7, 11) is 0. The third-order valence-corrected chi connectivity index (χ3v) is 5.81. The summed E-state index contributed by atoms with van der Waals surface area (Å²) < 4.78 is 5.50. The molecule has 124 valence electrons. The van der Waals surface area contributed by atoms with Crippen molar-refractivity contribution in [1.82, 2.24) is 0 Å². The molecule has 0 unspecified atom stereocenters. The summed E-state index contributed by atoms with van der Waals surface area (Å²) in [6.45, 7) is 5.52. The largest absolute Gasteiger partial charge is 0.733 e. The number of anilines is 2. The zero-order valence-electron chi connectivity index (χ0n) is 13.3. The van der Waals surface area contributed by atoms with Gasteiger partial charge in [0, 0.05) is 5.41 Å². The van der Waals surface area contributed by atoms with Gasteiger partial charge in [0.15, 0.2) is 5.60 Å². The molecular weight excluding hydrogens is 300 g/mol. The van der Waals surface area contributed by atoms with Crippen LogP contribution in [0.1, 0.15) is 33.6 Å². The number of amides is 1. The Morgan fingerprint density at radius 3 is 2.48 bits per heavy atom. The van der Waals surface area contributed by atoms with Crippen LogP contribution in [0.15, 0.2) is 24.3 Å². The number of fused-ring (bicyclic) bond motifs is 2. The molecule has 2 N–H and O–H groups in total. The van der Waals surface area contributed by atoms with E-state index in [-0.39, 0.29) is 22.6 Å². The Morgan fingerprint density at radius 1 is 1.30 bits per heavy atom. The molecule has 1 aromatic rings. The maximum absolute atomic E-state index is 12.9. The second-order valence-corrected chi connectivity index (χ2v) is 6.92. The van der Waals surface area contributed by atoms with E-state index in [2.05, 4.69) is 5.32 Å². The Morgan fingerprint density at radius 2 is 1.96 bits per heavy atom. The first-order chi connectivity index (χ1) is 10.7. The molecule has 7 nitrogen and oxygen atoms in total. The van der Waals surface area contributed by atoms with Crippen LogP contribution in [0.5, 0.6) is 0 Å². The Bertz CT molecular complexity index is 687. The molecule has 2 bridgehead atoms. The Hall–Kier alpha value is -2.12. The predicted octanol–water partition coefficient (Wildman–Crippen LogP) is 2.44. The summed E-state index contributed by atoms with van der Waals surface area (Å²) in [5.41, 5.74) is -2.57. The van der Waals surface area contributed by atoms with Crippen LogP contribution in [0, 0.1) is 16.0 Å². The molecule has 23 heavy (non-hydrogen) atoms. The van der Waals surface area contributed by atoms with Crippen LogP contribution >= 0.6 is 0 Å². The molecule has 1 saturated carbocycles. The van der Waals surface area contributed by atoms with Gasteiger partial charge in [-0.25, -0.2) is 0 Å². The van der Waals surface area contributed by atoms with Gasteiger partial charge in [-0.05, 0) is 31.9 Å². The van der Waals surface area contributed by atoms with E-state index in [1.807, 2.05) is 20.8 Å². The van der Waals surface area contributed by atoms with Crippen molar-refractivity contribution in [3.8, 4) is 0 Å². The van der Waals surface area contributed by atoms with Crippen molar-refractivity contribution in [3.63, 3.8) is 0 Å². The maximum atomic E-state index is 12.9. The fourth-order valence-corrected chi connectivity index (χ4v) is 3.72. The molecule has 1 aromatic carbocycles. The lowest BCUT2D eigenvalue weighted by atomic mass is 9.66.